The van der Waals surface area contributed by atoms with Crippen LogP contribution in [0.3, 0.4) is 0 Å². The van der Waals surface area contributed by atoms with E-state index in [0.717, 1.165) is 44.2 Å². The summed E-state index contributed by atoms with van der Waals surface area (Å²) >= 11 is 1.79. The highest BCUT2D eigenvalue weighted by molar-refractivity contribution is 7.99. The van der Waals surface area contributed by atoms with E-state index in [2.05, 4.69) is 63.1 Å². The van der Waals surface area contributed by atoms with Gasteiger partial charge in [0, 0.05) is 48.1 Å². The van der Waals surface area contributed by atoms with Crippen LogP contribution in [0.1, 0.15) is 5.56 Å². The number of piperazine rings is 1. The lowest BCUT2D eigenvalue weighted by atomic mass is 10.1. The number of hydrogen-bond donors (Lipinski definition) is 1. The van der Waals surface area contributed by atoms with E-state index in [0.29, 0.717) is 33.0 Å². The molecule has 0 amide bonds. The van der Waals surface area contributed by atoms with Gasteiger partial charge in [0.05, 0.1) is 52.4 Å². The van der Waals surface area contributed by atoms with Gasteiger partial charge in [-0.15, -0.1) is 0 Å². The SMILES string of the molecule is COC(=O)C(N)COCCOCCOCCN1CCN(C2=Nc3ccccc3Sc3ccccc32)CC1. The first-order chi connectivity index (χ1) is 18.2. The molecule has 9 nitrogen and oxygen atoms in total. The van der Waals surface area contributed by atoms with Crippen LogP contribution in [-0.2, 0) is 23.7 Å². The van der Waals surface area contributed by atoms with Gasteiger partial charge in [0.15, 0.2) is 0 Å². The summed E-state index contributed by atoms with van der Waals surface area (Å²) in [6.07, 6.45) is 0. The lowest BCUT2D eigenvalue weighted by Crippen LogP contribution is -2.49. The van der Waals surface area contributed by atoms with Gasteiger partial charge >= 0.3 is 5.97 Å². The maximum absolute atomic E-state index is 11.2. The van der Waals surface area contributed by atoms with Gasteiger partial charge in [-0.1, -0.05) is 42.1 Å². The van der Waals surface area contributed by atoms with Crippen LogP contribution in [0.2, 0.25) is 0 Å². The summed E-state index contributed by atoms with van der Waals surface area (Å²) in [5.41, 5.74) is 7.84. The van der Waals surface area contributed by atoms with Crippen LogP contribution < -0.4 is 5.73 Å². The number of nitrogens with two attached hydrogens (primary N) is 1. The van der Waals surface area contributed by atoms with Crippen molar-refractivity contribution < 1.29 is 23.7 Å². The molecule has 1 saturated heterocycles. The number of methoxy groups -OCH3 is 1. The summed E-state index contributed by atoms with van der Waals surface area (Å²) in [6, 6.07) is 16.2. The largest absolute Gasteiger partial charge is 0.468 e. The van der Waals surface area contributed by atoms with E-state index in [1.807, 2.05) is 0 Å². The molecule has 2 aliphatic heterocycles. The summed E-state index contributed by atoms with van der Waals surface area (Å²) in [4.78, 5) is 23.6. The minimum absolute atomic E-state index is 0.117. The number of para-hydroxylation sites is 1. The van der Waals surface area contributed by atoms with Crippen LogP contribution in [0.4, 0.5) is 5.69 Å². The lowest BCUT2D eigenvalue weighted by Gasteiger charge is -2.36. The van der Waals surface area contributed by atoms with Crippen molar-refractivity contribution in [1.82, 2.24) is 9.80 Å². The quantitative estimate of drug-likeness (QED) is 0.329. The Labute approximate surface area is 222 Å². The van der Waals surface area contributed by atoms with Crippen molar-refractivity contribution in [2.75, 3.05) is 79.5 Å². The molecule has 0 spiro atoms. The molecular weight excluding hydrogens is 492 g/mol. The summed E-state index contributed by atoms with van der Waals surface area (Å²) in [6.45, 7) is 7.32. The number of fused-ring (bicyclic) bond motifs is 2. The number of nitrogens with zero attached hydrogens (tertiary/aromatic N) is 3. The standard InChI is InChI=1S/C27H36N4O5S/c1-33-27(32)22(28)20-36-19-18-35-17-16-34-15-14-30-10-12-31(13-11-30)26-21-6-2-4-8-24(21)37-25-9-5-3-7-23(25)29-26/h2-9,22H,10-20,28H2,1H3. The van der Waals surface area contributed by atoms with Crippen LogP contribution >= 0.6 is 11.8 Å². The van der Waals surface area contributed by atoms with E-state index in [4.69, 9.17) is 24.9 Å². The Bertz CT molecular complexity index is 1040. The van der Waals surface area contributed by atoms with Crippen LogP contribution in [-0.4, -0.2) is 107 Å². The normalized spacial score (nSPS) is 16.4. The highest BCUT2D eigenvalue weighted by Gasteiger charge is 2.25. The molecule has 1 fully saturated rings. The molecule has 2 aromatic carbocycles. The fraction of sp³-hybridized carbons (Fsp3) is 0.481. The van der Waals surface area contributed by atoms with Crippen LogP contribution in [0, 0.1) is 0 Å². The van der Waals surface area contributed by atoms with Crippen molar-refractivity contribution >= 4 is 29.3 Å². The van der Waals surface area contributed by atoms with Gasteiger partial charge in [0.25, 0.3) is 0 Å². The molecule has 4 rings (SSSR count). The maximum atomic E-state index is 11.2. The topological polar surface area (TPSA) is 98.8 Å². The lowest BCUT2D eigenvalue weighted by molar-refractivity contribution is -0.143. The van der Waals surface area contributed by atoms with Crippen molar-refractivity contribution in [1.29, 1.82) is 0 Å². The molecule has 2 aliphatic rings. The fourth-order valence-corrected chi connectivity index (χ4v) is 5.17. The number of rotatable bonds is 12. The first-order valence-corrected chi connectivity index (χ1v) is 13.5. The van der Waals surface area contributed by atoms with Crippen molar-refractivity contribution in [3.05, 3.63) is 54.1 Å². The first kappa shape index (κ1) is 27.6. The number of carbonyl (C=O) groups is 1. The Morgan fingerprint density at radius 2 is 1.57 bits per heavy atom. The number of aliphatic imine (C=N–C) groups is 1. The average Bonchev–Trinajstić information content (AvgIpc) is 3.10. The average molecular weight is 529 g/mol. The van der Waals surface area contributed by atoms with E-state index < -0.39 is 12.0 Å². The maximum Gasteiger partial charge on any atom is 0.325 e. The number of hydrogen-bond acceptors (Lipinski definition) is 10. The third kappa shape index (κ3) is 8.00. The third-order valence-electron chi connectivity index (χ3n) is 6.21. The Kier molecular flexibility index (Phi) is 10.8. The molecule has 0 aromatic heterocycles. The molecule has 0 saturated carbocycles. The van der Waals surface area contributed by atoms with E-state index in [1.165, 1.54) is 22.5 Å². The Morgan fingerprint density at radius 3 is 2.32 bits per heavy atom. The molecule has 2 aromatic rings. The minimum Gasteiger partial charge on any atom is -0.468 e. The van der Waals surface area contributed by atoms with Crippen molar-refractivity contribution in [2.45, 2.75) is 15.8 Å². The summed E-state index contributed by atoms with van der Waals surface area (Å²) < 4.78 is 21.1. The van der Waals surface area contributed by atoms with E-state index in [9.17, 15) is 4.79 Å². The molecule has 0 radical (unpaired) electrons. The van der Waals surface area contributed by atoms with Gasteiger partial charge in [-0.2, -0.15) is 0 Å². The molecule has 37 heavy (non-hydrogen) atoms. The van der Waals surface area contributed by atoms with Crippen molar-refractivity contribution in [3.8, 4) is 0 Å². The number of carbonyl (C=O) groups excluding carboxylic acids is 1. The van der Waals surface area contributed by atoms with Crippen LogP contribution in [0.25, 0.3) is 0 Å². The molecule has 10 heteroatoms. The zero-order valence-electron chi connectivity index (χ0n) is 21.3. The number of benzene rings is 2. The van der Waals surface area contributed by atoms with Crippen molar-refractivity contribution in [3.63, 3.8) is 0 Å². The summed E-state index contributed by atoms with van der Waals surface area (Å²) in [5.74, 6) is 0.585. The second-order valence-corrected chi connectivity index (χ2v) is 9.84. The van der Waals surface area contributed by atoms with Gasteiger partial charge in [-0.25, -0.2) is 4.99 Å². The van der Waals surface area contributed by atoms with E-state index in [1.54, 1.807) is 11.8 Å². The highest BCUT2D eigenvalue weighted by atomic mass is 32.2. The van der Waals surface area contributed by atoms with E-state index >= 15 is 0 Å². The Morgan fingerprint density at radius 1 is 0.919 bits per heavy atom. The van der Waals surface area contributed by atoms with Crippen molar-refractivity contribution in [2.24, 2.45) is 10.7 Å². The first-order valence-electron chi connectivity index (χ1n) is 12.6. The second-order valence-electron chi connectivity index (χ2n) is 8.76. The molecular formula is C27H36N4O5S. The van der Waals surface area contributed by atoms with Gasteiger partial charge in [-0.05, 0) is 18.2 Å². The molecule has 2 heterocycles. The van der Waals surface area contributed by atoms with Gasteiger partial charge in [0.2, 0.25) is 0 Å². The molecule has 1 atom stereocenters. The number of amidine groups is 1. The predicted octanol–water partition coefficient (Wildman–Crippen LogP) is 2.40. The Hall–Kier alpha value is -2.47. The van der Waals surface area contributed by atoms with Gasteiger partial charge in [-0.3, -0.25) is 9.69 Å². The second kappa shape index (κ2) is 14.5. The third-order valence-corrected chi connectivity index (χ3v) is 7.35. The smallest absolute Gasteiger partial charge is 0.325 e. The van der Waals surface area contributed by atoms with Gasteiger partial charge in [0.1, 0.15) is 11.9 Å². The molecule has 0 bridgehead atoms. The van der Waals surface area contributed by atoms with Crippen LogP contribution in [0.5, 0.6) is 0 Å². The zero-order valence-corrected chi connectivity index (χ0v) is 22.2. The monoisotopic (exact) mass is 528 g/mol. The number of esters is 1. The highest BCUT2D eigenvalue weighted by Crippen LogP contribution is 2.40. The molecule has 2 N–H and O–H groups in total. The molecule has 200 valence electrons. The predicted molar refractivity (Wildman–Crippen MR) is 144 cm³/mol. The van der Waals surface area contributed by atoms with E-state index in [-0.39, 0.29) is 6.61 Å². The molecule has 1 unspecified atom stereocenters. The zero-order chi connectivity index (χ0) is 25.9. The molecule has 0 aliphatic carbocycles. The van der Waals surface area contributed by atoms with Crippen LogP contribution in [0.15, 0.2) is 63.3 Å². The Balaban J connectivity index is 1.13. The summed E-state index contributed by atoms with van der Waals surface area (Å²) in [5, 5.41) is 0. The van der Waals surface area contributed by atoms with Gasteiger partial charge < -0.3 is 29.6 Å². The number of ether oxygens (including phenoxy) is 4. The summed E-state index contributed by atoms with van der Waals surface area (Å²) in [7, 11) is 1.30. The fourth-order valence-electron chi connectivity index (χ4n) is 4.16. The minimum atomic E-state index is -0.762.